The number of aromatic nitrogens is 3. The lowest BCUT2D eigenvalue weighted by Crippen LogP contribution is -2.56. The lowest BCUT2D eigenvalue weighted by molar-refractivity contribution is -0.222. The SMILES string of the molecule is CC[N+]1(OC(=O)C(F)(F)F)C(c2nonc2N)=Nc2c(-c3ccccc3N)ncc(C(=O)NN3CCCC3)c21. The average molecular weight is 546 g/mol. The van der Waals surface area contributed by atoms with Gasteiger partial charge in [-0.05, 0) is 40.8 Å². The first-order valence-corrected chi connectivity index (χ1v) is 11.9. The number of quaternary nitrogens is 1. The maximum absolute atomic E-state index is 13.6. The number of nitrogen functional groups attached to an aromatic ring is 2. The minimum atomic E-state index is -5.38. The summed E-state index contributed by atoms with van der Waals surface area (Å²) in [4.78, 5) is 39.9. The van der Waals surface area contributed by atoms with Crippen LogP contribution >= 0.6 is 0 Å². The van der Waals surface area contributed by atoms with Gasteiger partial charge in [0, 0.05) is 30.5 Å². The molecule has 0 aliphatic carbocycles. The predicted octanol–water partition coefficient (Wildman–Crippen LogP) is 2.48. The van der Waals surface area contributed by atoms with Crippen molar-refractivity contribution in [1.29, 1.82) is 0 Å². The number of hydrogen-bond donors (Lipinski definition) is 3. The molecule has 3 aromatic rings. The maximum atomic E-state index is 13.6. The number of alkyl halides is 3. The molecule has 2 aliphatic heterocycles. The summed E-state index contributed by atoms with van der Waals surface area (Å²) in [6.07, 6.45) is -2.49. The van der Waals surface area contributed by atoms with Gasteiger partial charge in [0.1, 0.15) is 17.8 Å². The van der Waals surface area contributed by atoms with Crippen LogP contribution in [0.25, 0.3) is 11.3 Å². The van der Waals surface area contributed by atoms with Crippen molar-refractivity contribution in [3.8, 4) is 11.3 Å². The molecule has 1 aromatic carbocycles. The number of hydrazine groups is 1. The van der Waals surface area contributed by atoms with E-state index >= 15 is 0 Å². The Morgan fingerprint density at radius 3 is 2.49 bits per heavy atom. The summed E-state index contributed by atoms with van der Waals surface area (Å²) in [5.41, 5.74) is 14.9. The molecule has 13 nitrogen and oxygen atoms in total. The molecule has 2 aromatic heterocycles. The summed E-state index contributed by atoms with van der Waals surface area (Å²) in [5, 5.41) is 8.85. The van der Waals surface area contributed by atoms with Gasteiger partial charge < -0.3 is 11.5 Å². The van der Waals surface area contributed by atoms with E-state index in [-0.39, 0.29) is 52.2 Å². The Hall–Kier alpha value is -4.57. The number of para-hydroxylation sites is 1. The van der Waals surface area contributed by atoms with Crippen molar-refractivity contribution in [2.24, 2.45) is 4.99 Å². The van der Waals surface area contributed by atoms with Crippen molar-refractivity contribution in [3.05, 3.63) is 41.7 Å². The second-order valence-electron chi connectivity index (χ2n) is 8.81. The van der Waals surface area contributed by atoms with E-state index in [1.165, 1.54) is 13.1 Å². The van der Waals surface area contributed by atoms with Gasteiger partial charge in [0.15, 0.2) is 5.69 Å². The second kappa shape index (κ2) is 9.63. The summed E-state index contributed by atoms with van der Waals surface area (Å²) >= 11 is 0. The molecule has 5 rings (SSSR count). The van der Waals surface area contributed by atoms with Gasteiger partial charge in [-0.1, -0.05) is 18.2 Å². The van der Waals surface area contributed by atoms with E-state index in [0.29, 0.717) is 18.7 Å². The first-order chi connectivity index (χ1) is 18.6. The number of anilines is 2. The van der Waals surface area contributed by atoms with E-state index in [1.807, 2.05) is 0 Å². The minimum Gasteiger partial charge on any atom is -0.398 e. The van der Waals surface area contributed by atoms with Crippen LogP contribution in [0, 0.1) is 0 Å². The molecule has 1 atom stereocenters. The summed E-state index contributed by atoms with van der Waals surface area (Å²) in [6, 6.07) is 6.59. The normalized spacial score (nSPS) is 19.0. The Balaban J connectivity index is 1.79. The highest BCUT2D eigenvalue weighted by molar-refractivity contribution is 6.18. The van der Waals surface area contributed by atoms with E-state index in [2.05, 4.69) is 30.3 Å². The monoisotopic (exact) mass is 546 g/mol. The molecule has 2 aliphatic rings. The number of carbonyl (C=O) groups excluding carboxylic acids is 2. The number of rotatable bonds is 6. The Labute approximate surface area is 218 Å². The minimum absolute atomic E-state index is 0.0591. The third kappa shape index (κ3) is 4.42. The number of nitrogens with one attached hydrogen (secondary N) is 1. The lowest BCUT2D eigenvalue weighted by atomic mass is 10.0. The van der Waals surface area contributed by atoms with Crippen molar-refractivity contribution < 1.29 is 32.2 Å². The van der Waals surface area contributed by atoms with Crippen molar-refractivity contribution in [1.82, 2.24) is 30.4 Å². The molecular formula is C23H23F3N9O4+. The lowest BCUT2D eigenvalue weighted by Gasteiger charge is -2.30. The summed E-state index contributed by atoms with van der Waals surface area (Å²) < 4.78 is 44.0. The number of nitrogens with two attached hydrogens (primary N) is 2. The Morgan fingerprint density at radius 1 is 1.15 bits per heavy atom. The van der Waals surface area contributed by atoms with Crippen molar-refractivity contribution >= 4 is 40.6 Å². The van der Waals surface area contributed by atoms with Crippen LogP contribution in [-0.4, -0.2) is 63.8 Å². The van der Waals surface area contributed by atoms with Gasteiger partial charge >= 0.3 is 18.0 Å². The number of fused-ring (bicyclic) bond motifs is 1. The molecular weight excluding hydrogens is 523 g/mol. The number of aliphatic imine (C=N–C) groups is 1. The number of benzene rings is 1. The quantitative estimate of drug-likeness (QED) is 0.308. The third-order valence-corrected chi connectivity index (χ3v) is 6.42. The van der Waals surface area contributed by atoms with Crippen LogP contribution in [0.2, 0.25) is 0 Å². The predicted molar refractivity (Wildman–Crippen MR) is 132 cm³/mol. The smallest absolute Gasteiger partial charge is 0.398 e. The number of carbonyl (C=O) groups is 2. The fourth-order valence-electron chi connectivity index (χ4n) is 4.59. The molecule has 1 unspecified atom stereocenters. The highest BCUT2D eigenvalue weighted by Crippen LogP contribution is 2.50. The molecule has 39 heavy (non-hydrogen) atoms. The van der Waals surface area contributed by atoms with Crippen LogP contribution in [0.1, 0.15) is 35.8 Å². The first kappa shape index (κ1) is 26.1. The van der Waals surface area contributed by atoms with Gasteiger partial charge in [-0.2, -0.15) is 18.2 Å². The Morgan fingerprint density at radius 2 is 1.87 bits per heavy atom. The summed E-state index contributed by atoms with van der Waals surface area (Å²) in [7, 11) is 0. The molecule has 0 bridgehead atoms. The van der Waals surface area contributed by atoms with E-state index in [0.717, 1.165) is 12.8 Å². The van der Waals surface area contributed by atoms with Gasteiger partial charge in [0.2, 0.25) is 17.2 Å². The molecule has 1 fully saturated rings. The fraction of sp³-hybridized carbons (Fsp3) is 0.304. The summed E-state index contributed by atoms with van der Waals surface area (Å²) in [5.74, 6) is -3.89. The topological polar surface area (TPSA) is 175 Å². The number of amidine groups is 1. The van der Waals surface area contributed by atoms with Crippen molar-refractivity contribution in [3.63, 3.8) is 0 Å². The Kier molecular flexibility index (Phi) is 6.43. The van der Waals surface area contributed by atoms with Crippen LogP contribution in [-0.2, 0) is 9.63 Å². The Bertz CT molecular complexity index is 1480. The van der Waals surface area contributed by atoms with Crippen molar-refractivity contribution in [2.75, 3.05) is 31.1 Å². The molecule has 204 valence electrons. The van der Waals surface area contributed by atoms with E-state index < -0.39 is 22.7 Å². The molecule has 4 heterocycles. The van der Waals surface area contributed by atoms with Gasteiger partial charge in [-0.3, -0.25) is 20.0 Å². The molecule has 0 radical (unpaired) electrons. The molecule has 0 spiro atoms. The first-order valence-electron chi connectivity index (χ1n) is 11.9. The van der Waals surface area contributed by atoms with E-state index in [1.54, 1.807) is 29.3 Å². The average Bonchev–Trinajstić information content (AvgIpc) is 3.63. The van der Waals surface area contributed by atoms with Crippen LogP contribution in [0.4, 0.5) is 36.1 Å². The zero-order chi connectivity index (χ0) is 27.9. The standard InChI is InChI=1S/C23H22F3N9O4/c1-2-35(38-22(37)23(24,25)26)18-13(21(36)31-34-9-5-6-10-34)11-29-15(12-7-3-4-8-14(12)27)16(18)30-20(35)17-19(28)33-39-32-17/h3-4,7-8,11H,2,5-6,9-10H2,1H3,(H4-,27,28,29,31,32,33,36)/p+1. The third-order valence-electron chi connectivity index (χ3n) is 6.42. The largest absolute Gasteiger partial charge is 0.497 e. The van der Waals surface area contributed by atoms with Crippen LogP contribution in [0.3, 0.4) is 0 Å². The second-order valence-corrected chi connectivity index (χ2v) is 8.81. The number of halogens is 3. The maximum Gasteiger partial charge on any atom is 0.497 e. The van der Waals surface area contributed by atoms with Gasteiger partial charge in [-0.15, -0.1) is 0 Å². The van der Waals surface area contributed by atoms with Gasteiger partial charge in [-0.25, -0.2) is 14.4 Å². The van der Waals surface area contributed by atoms with Crippen LogP contribution < -0.4 is 21.5 Å². The molecule has 1 saturated heterocycles. The summed E-state index contributed by atoms with van der Waals surface area (Å²) in [6.45, 7) is 2.26. The molecule has 1 amide bonds. The number of nitrogens with zero attached hydrogens (tertiary/aromatic N) is 6. The van der Waals surface area contributed by atoms with Crippen LogP contribution in [0.5, 0.6) is 0 Å². The number of pyridine rings is 1. The zero-order valence-electron chi connectivity index (χ0n) is 20.5. The highest BCUT2D eigenvalue weighted by atomic mass is 19.4. The molecule has 16 heteroatoms. The van der Waals surface area contributed by atoms with Gasteiger partial charge in [0.05, 0.1) is 0 Å². The van der Waals surface area contributed by atoms with E-state index in [9.17, 15) is 22.8 Å². The zero-order valence-corrected chi connectivity index (χ0v) is 20.5. The number of hydroxylamine groups is 2. The molecule has 5 N–H and O–H groups in total. The van der Waals surface area contributed by atoms with E-state index in [4.69, 9.17) is 16.3 Å². The van der Waals surface area contributed by atoms with Gasteiger partial charge in [0.25, 0.3) is 5.91 Å². The fourth-order valence-corrected chi connectivity index (χ4v) is 4.59. The number of amides is 1. The molecule has 0 saturated carbocycles. The number of hydrogen-bond acceptors (Lipinski definition) is 11. The highest BCUT2D eigenvalue weighted by Gasteiger charge is 2.58. The van der Waals surface area contributed by atoms with Crippen LogP contribution in [0.15, 0.2) is 40.1 Å². The van der Waals surface area contributed by atoms with Crippen molar-refractivity contribution in [2.45, 2.75) is 25.9 Å².